The molecular weight excluding hydrogens is 298 g/mol. The highest BCUT2D eigenvalue weighted by atomic mass is 28.3. The van der Waals surface area contributed by atoms with E-state index in [1.54, 1.807) is 0 Å². The van der Waals surface area contributed by atoms with Gasteiger partial charge in [-0.05, 0) is 30.2 Å². The van der Waals surface area contributed by atoms with E-state index in [-0.39, 0.29) is 18.1 Å². The first-order chi connectivity index (χ1) is 8.79. The van der Waals surface area contributed by atoms with Crippen LogP contribution >= 0.6 is 0 Å². The predicted molar refractivity (Wildman–Crippen MR) is 68.3 cm³/mol. The fraction of sp³-hybridized carbons (Fsp3) is 0.538. The molecule has 0 bridgehead atoms. The molecule has 1 aromatic carbocycles. The molecule has 0 saturated carbocycles. The molecule has 0 aliphatic heterocycles. The third-order valence-corrected chi connectivity index (χ3v) is 4.56. The van der Waals surface area contributed by atoms with Crippen molar-refractivity contribution in [1.82, 2.24) is 0 Å². The highest BCUT2D eigenvalue weighted by Crippen LogP contribution is 2.36. The average Bonchev–Trinajstić information content (AvgIpc) is 2.22. The van der Waals surface area contributed by atoms with Gasteiger partial charge in [0.25, 0.3) is 0 Å². The number of benzene rings is 1. The molecule has 0 saturated heterocycles. The molecular formula is C13H16F6Si. The highest BCUT2D eigenvalue weighted by molar-refractivity contribution is 6.76. The van der Waals surface area contributed by atoms with Crippen molar-refractivity contribution in [2.45, 2.75) is 44.5 Å². The average molecular weight is 314 g/mol. The van der Waals surface area contributed by atoms with E-state index in [1.165, 1.54) is 0 Å². The first-order valence-corrected chi connectivity index (χ1v) is 9.78. The molecule has 0 aliphatic rings. The smallest absolute Gasteiger partial charge is 0.166 e. The maximum atomic E-state index is 12.7. The summed E-state index contributed by atoms with van der Waals surface area (Å²) < 4.78 is 75.9. The molecule has 0 aliphatic carbocycles. The number of alkyl halides is 6. The molecule has 0 atom stereocenters. The van der Waals surface area contributed by atoms with Gasteiger partial charge in [0.05, 0.1) is 11.1 Å². The molecule has 0 heterocycles. The summed E-state index contributed by atoms with van der Waals surface area (Å²) in [6.45, 7) is 6.06. The second-order valence-electron chi connectivity index (χ2n) is 5.97. The molecule has 0 radical (unpaired) electrons. The first kappa shape index (κ1) is 17.1. The molecule has 0 unspecified atom stereocenters. The fourth-order valence-corrected chi connectivity index (χ4v) is 2.72. The molecule has 0 aromatic heterocycles. The maximum Gasteiger partial charge on any atom is 0.416 e. The van der Waals surface area contributed by atoms with E-state index in [9.17, 15) is 26.3 Å². The van der Waals surface area contributed by atoms with Gasteiger partial charge in [0.2, 0.25) is 0 Å². The third-order valence-electron chi connectivity index (χ3n) is 2.81. The zero-order chi connectivity index (χ0) is 15.8. The molecule has 0 nitrogen and oxygen atoms in total. The van der Waals surface area contributed by atoms with Crippen molar-refractivity contribution in [2.24, 2.45) is 0 Å². The summed E-state index contributed by atoms with van der Waals surface area (Å²) in [7, 11) is -1.53. The zero-order valence-electron chi connectivity index (χ0n) is 11.4. The lowest BCUT2D eigenvalue weighted by atomic mass is 10.0. The monoisotopic (exact) mass is 314 g/mol. The minimum atomic E-state index is -4.77. The van der Waals surface area contributed by atoms with Gasteiger partial charge >= 0.3 is 12.4 Å². The van der Waals surface area contributed by atoms with E-state index in [4.69, 9.17) is 0 Å². The predicted octanol–water partition coefficient (Wildman–Crippen LogP) is 5.60. The Morgan fingerprint density at radius 2 is 1.20 bits per heavy atom. The Morgan fingerprint density at radius 1 is 0.800 bits per heavy atom. The van der Waals surface area contributed by atoms with Crippen LogP contribution < -0.4 is 0 Å². The highest BCUT2D eigenvalue weighted by Gasteiger charge is 2.36. The van der Waals surface area contributed by atoms with Crippen LogP contribution in [0.2, 0.25) is 25.7 Å². The summed E-state index contributed by atoms with van der Waals surface area (Å²) in [5.41, 5.74) is -2.38. The van der Waals surface area contributed by atoms with Crippen molar-refractivity contribution < 1.29 is 26.3 Å². The van der Waals surface area contributed by atoms with Crippen LogP contribution in [0.15, 0.2) is 18.2 Å². The van der Waals surface area contributed by atoms with Gasteiger partial charge in [0.1, 0.15) is 0 Å². The van der Waals surface area contributed by atoms with E-state index < -0.39 is 31.6 Å². The Hall–Kier alpha value is -0.983. The van der Waals surface area contributed by atoms with Gasteiger partial charge in [0.15, 0.2) is 0 Å². The van der Waals surface area contributed by atoms with Crippen molar-refractivity contribution in [3.8, 4) is 0 Å². The van der Waals surface area contributed by atoms with E-state index in [1.807, 2.05) is 19.6 Å². The molecule has 114 valence electrons. The lowest BCUT2D eigenvalue weighted by Gasteiger charge is -2.18. The maximum absolute atomic E-state index is 12.7. The van der Waals surface area contributed by atoms with E-state index in [0.717, 1.165) is 12.1 Å². The summed E-state index contributed by atoms with van der Waals surface area (Å²) in [4.78, 5) is 0. The number of rotatable bonds is 3. The number of hydrogen-bond donors (Lipinski definition) is 0. The van der Waals surface area contributed by atoms with Gasteiger partial charge in [-0.3, -0.25) is 0 Å². The van der Waals surface area contributed by atoms with Crippen LogP contribution in [0.3, 0.4) is 0 Å². The van der Waals surface area contributed by atoms with Crippen LogP contribution in [0.25, 0.3) is 0 Å². The van der Waals surface area contributed by atoms with Gasteiger partial charge in [-0.1, -0.05) is 25.7 Å². The topological polar surface area (TPSA) is 0 Å². The van der Waals surface area contributed by atoms with Gasteiger partial charge < -0.3 is 0 Å². The molecule has 0 amide bonds. The Labute approximate surface area is 114 Å². The Bertz CT molecular complexity index is 435. The second kappa shape index (κ2) is 5.42. The SMILES string of the molecule is C[Si](C)(C)CCc1cc(C(F)(F)F)cc(C(F)(F)F)c1. The minimum Gasteiger partial charge on any atom is -0.166 e. The van der Waals surface area contributed by atoms with Gasteiger partial charge in [-0.2, -0.15) is 26.3 Å². The molecule has 7 heteroatoms. The van der Waals surface area contributed by atoms with E-state index in [2.05, 4.69) is 0 Å². The fourth-order valence-electron chi connectivity index (χ4n) is 1.68. The number of halogens is 6. The van der Waals surface area contributed by atoms with Crippen LogP contribution in [-0.4, -0.2) is 8.07 Å². The third kappa shape index (κ3) is 5.18. The van der Waals surface area contributed by atoms with Gasteiger partial charge in [0, 0.05) is 8.07 Å². The molecule has 0 fully saturated rings. The van der Waals surface area contributed by atoms with Crippen LogP contribution in [0, 0.1) is 0 Å². The van der Waals surface area contributed by atoms with Crippen molar-refractivity contribution in [3.05, 3.63) is 34.9 Å². The molecule has 1 aromatic rings. The Morgan fingerprint density at radius 3 is 1.50 bits per heavy atom. The van der Waals surface area contributed by atoms with Gasteiger partial charge in [-0.15, -0.1) is 0 Å². The summed E-state index contributed by atoms with van der Waals surface area (Å²) >= 11 is 0. The molecule has 0 spiro atoms. The quantitative estimate of drug-likeness (QED) is 0.503. The summed E-state index contributed by atoms with van der Waals surface area (Å²) in [6.07, 6.45) is -9.30. The molecule has 0 N–H and O–H groups in total. The zero-order valence-corrected chi connectivity index (χ0v) is 12.4. The van der Waals surface area contributed by atoms with Crippen molar-refractivity contribution >= 4 is 8.07 Å². The van der Waals surface area contributed by atoms with Gasteiger partial charge in [-0.25, -0.2) is 0 Å². The van der Waals surface area contributed by atoms with E-state index in [0.29, 0.717) is 6.04 Å². The largest absolute Gasteiger partial charge is 0.416 e. The summed E-state index contributed by atoms with van der Waals surface area (Å²) in [5, 5.41) is 0. The normalized spacial score (nSPS) is 13.7. The van der Waals surface area contributed by atoms with Crippen molar-refractivity contribution in [2.75, 3.05) is 0 Å². The van der Waals surface area contributed by atoms with Crippen LogP contribution in [0.4, 0.5) is 26.3 Å². The standard InChI is InChI=1S/C13H16F6Si/c1-20(2,3)5-4-9-6-10(12(14,15)16)8-11(7-9)13(17,18)19/h6-8H,4-5H2,1-3H3. The van der Waals surface area contributed by atoms with Crippen molar-refractivity contribution in [3.63, 3.8) is 0 Å². The Balaban J connectivity index is 3.18. The lowest BCUT2D eigenvalue weighted by molar-refractivity contribution is -0.143. The number of hydrogen-bond acceptors (Lipinski definition) is 0. The molecule has 1 rings (SSSR count). The van der Waals surface area contributed by atoms with E-state index >= 15 is 0 Å². The van der Waals surface area contributed by atoms with Crippen molar-refractivity contribution in [1.29, 1.82) is 0 Å². The summed E-state index contributed by atoms with van der Waals surface area (Å²) in [5.74, 6) is 0. The Kier molecular flexibility index (Phi) is 4.63. The lowest BCUT2D eigenvalue weighted by Crippen LogP contribution is -2.20. The minimum absolute atomic E-state index is 0.0922. The first-order valence-electron chi connectivity index (χ1n) is 6.07. The number of aryl methyl sites for hydroxylation is 1. The van der Waals surface area contributed by atoms with Crippen LogP contribution in [0.1, 0.15) is 16.7 Å². The summed E-state index contributed by atoms with van der Waals surface area (Å²) in [6, 6.07) is 2.44. The second-order valence-corrected chi connectivity index (χ2v) is 11.6. The molecule has 20 heavy (non-hydrogen) atoms. The van der Waals surface area contributed by atoms with Crippen LogP contribution in [0.5, 0.6) is 0 Å². The van der Waals surface area contributed by atoms with Crippen LogP contribution in [-0.2, 0) is 18.8 Å².